The number of hydrogen-bond donors (Lipinski definition) is 1. The van der Waals surface area contributed by atoms with Gasteiger partial charge in [-0.2, -0.15) is 0 Å². The number of likely N-dealkylation sites (N-methyl/N-ethyl adjacent to an activating group) is 1. The van der Waals surface area contributed by atoms with Crippen LogP contribution in [-0.4, -0.2) is 29.3 Å². The predicted octanol–water partition coefficient (Wildman–Crippen LogP) is 5.97. The van der Waals surface area contributed by atoms with Gasteiger partial charge in [0.25, 0.3) is 0 Å². The van der Waals surface area contributed by atoms with Gasteiger partial charge in [0.05, 0.1) is 6.42 Å². The molecule has 1 atom stereocenters. The Morgan fingerprint density at radius 1 is 0.848 bits per heavy atom. The summed E-state index contributed by atoms with van der Waals surface area (Å²) in [5.41, 5.74) is 2.23. The zero-order valence-corrected chi connectivity index (χ0v) is 20.5. The lowest BCUT2D eigenvalue weighted by Crippen LogP contribution is -2.51. The molecule has 0 saturated heterocycles. The molecular formula is C26H25Cl3N2O2. The standard InChI is InChI=1S/C26H25Cl3N2O2/c1-2-30-26(33)24(15-18-9-4-3-5-10-18)31(17-19-11-6-7-12-21(19)27)25(32)16-20-22(28)13-8-14-23(20)29/h3-14,24H,2,15-17H2,1H3,(H,30,33). The molecule has 3 aromatic carbocycles. The zero-order chi connectivity index (χ0) is 23.8. The number of carbonyl (C=O) groups is 2. The Kier molecular flexibility index (Phi) is 9.19. The van der Waals surface area contributed by atoms with Crippen LogP contribution < -0.4 is 5.32 Å². The van der Waals surface area contributed by atoms with Crippen LogP contribution in [0.25, 0.3) is 0 Å². The van der Waals surface area contributed by atoms with Crippen molar-refractivity contribution < 1.29 is 9.59 Å². The Morgan fingerprint density at radius 2 is 1.45 bits per heavy atom. The minimum Gasteiger partial charge on any atom is -0.355 e. The predicted molar refractivity (Wildman–Crippen MR) is 135 cm³/mol. The van der Waals surface area contributed by atoms with Crippen molar-refractivity contribution in [1.29, 1.82) is 0 Å². The summed E-state index contributed by atoms with van der Waals surface area (Å²) in [6.07, 6.45) is 0.326. The summed E-state index contributed by atoms with van der Waals surface area (Å²) < 4.78 is 0. The topological polar surface area (TPSA) is 49.4 Å². The molecule has 0 saturated carbocycles. The molecule has 0 spiro atoms. The molecule has 0 heterocycles. The maximum Gasteiger partial charge on any atom is 0.243 e. The van der Waals surface area contributed by atoms with Crippen LogP contribution in [0.15, 0.2) is 72.8 Å². The molecule has 0 aliphatic carbocycles. The van der Waals surface area contributed by atoms with E-state index in [0.717, 1.165) is 11.1 Å². The largest absolute Gasteiger partial charge is 0.355 e. The summed E-state index contributed by atoms with van der Waals surface area (Å²) in [5, 5.41) is 4.22. The molecule has 0 radical (unpaired) electrons. The van der Waals surface area contributed by atoms with Crippen LogP contribution in [0.3, 0.4) is 0 Å². The van der Waals surface area contributed by atoms with Crippen LogP contribution >= 0.6 is 34.8 Å². The van der Waals surface area contributed by atoms with E-state index in [0.29, 0.717) is 33.6 Å². The molecule has 0 aliphatic heterocycles. The quantitative estimate of drug-likeness (QED) is 0.391. The fourth-order valence-electron chi connectivity index (χ4n) is 3.61. The number of nitrogens with zero attached hydrogens (tertiary/aromatic N) is 1. The van der Waals surface area contributed by atoms with E-state index in [1.54, 1.807) is 29.2 Å². The first-order chi connectivity index (χ1) is 15.9. The van der Waals surface area contributed by atoms with Crippen molar-refractivity contribution in [2.45, 2.75) is 32.4 Å². The molecule has 4 nitrogen and oxygen atoms in total. The van der Waals surface area contributed by atoms with Crippen LogP contribution in [0.2, 0.25) is 15.1 Å². The molecular weight excluding hydrogens is 479 g/mol. The van der Waals surface area contributed by atoms with Crippen LogP contribution in [0.4, 0.5) is 0 Å². The molecule has 1 N–H and O–H groups in total. The second kappa shape index (κ2) is 12.1. The van der Waals surface area contributed by atoms with E-state index in [1.807, 2.05) is 55.5 Å². The van der Waals surface area contributed by atoms with E-state index < -0.39 is 6.04 Å². The number of hydrogen-bond acceptors (Lipinski definition) is 2. The van der Waals surface area contributed by atoms with Crippen molar-refractivity contribution in [1.82, 2.24) is 10.2 Å². The van der Waals surface area contributed by atoms with Gasteiger partial charge in [0.15, 0.2) is 0 Å². The van der Waals surface area contributed by atoms with Crippen molar-refractivity contribution in [3.05, 3.63) is 105 Å². The van der Waals surface area contributed by atoms with E-state index in [1.165, 1.54) is 0 Å². The third-order valence-corrected chi connectivity index (χ3v) is 6.39. The Balaban J connectivity index is 2.01. The van der Waals surface area contributed by atoms with Gasteiger partial charge >= 0.3 is 0 Å². The average Bonchev–Trinajstić information content (AvgIpc) is 2.80. The highest BCUT2D eigenvalue weighted by Gasteiger charge is 2.31. The van der Waals surface area contributed by atoms with Gasteiger partial charge in [0.1, 0.15) is 6.04 Å². The van der Waals surface area contributed by atoms with E-state index in [-0.39, 0.29) is 24.8 Å². The van der Waals surface area contributed by atoms with Gasteiger partial charge in [-0.25, -0.2) is 0 Å². The minimum atomic E-state index is -0.739. The summed E-state index contributed by atoms with van der Waals surface area (Å²) in [4.78, 5) is 28.4. The third kappa shape index (κ3) is 6.73. The maximum absolute atomic E-state index is 13.7. The summed E-state index contributed by atoms with van der Waals surface area (Å²) >= 11 is 19.1. The van der Waals surface area contributed by atoms with Gasteiger partial charge in [-0.3, -0.25) is 9.59 Å². The highest BCUT2D eigenvalue weighted by atomic mass is 35.5. The Bertz CT molecular complexity index is 1090. The molecule has 3 rings (SSSR count). The lowest BCUT2D eigenvalue weighted by atomic mass is 10.0. The first-order valence-electron chi connectivity index (χ1n) is 10.7. The maximum atomic E-state index is 13.7. The van der Waals surface area contributed by atoms with Gasteiger partial charge in [0, 0.05) is 34.6 Å². The van der Waals surface area contributed by atoms with Gasteiger partial charge in [-0.1, -0.05) is 89.4 Å². The number of nitrogens with one attached hydrogen (secondary N) is 1. The second-order valence-corrected chi connectivity index (χ2v) is 8.81. The molecule has 0 aromatic heterocycles. The van der Waals surface area contributed by atoms with Crippen LogP contribution in [0.1, 0.15) is 23.6 Å². The molecule has 1 unspecified atom stereocenters. The van der Waals surface area contributed by atoms with E-state index >= 15 is 0 Å². The van der Waals surface area contributed by atoms with Crippen molar-refractivity contribution >= 4 is 46.6 Å². The van der Waals surface area contributed by atoms with Gasteiger partial charge in [-0.05, 0) is 41.8 Å². The number of benzene rings is 3. The third-order valence-electron chi connectivity index (χ3n) is 5.31. The number of halogens is 3. The minimum absolute atomic E-state index is 0.0341. The number of carbonyl (C=O) groups excluding carboxylic acids is 2. The van der Waals surface area contributed by atoms with Crippen LogP contribution in [0, 0.1) is 0 Å². The van der Waals surface area contributed by atoms with E-state index in [4.69, 9.17) is 34.8 Å². The molecule has 0 aliphatic rings. The monoisotopic (exact) mass is 502 g/mol. The molecule has 33 heavy (non-hydrogen) atoms. The SMILES string of the molecule is CCNC(=O)C(Cc1ccccc1)N(Cc1ccccc1Cl)C(=O)Cc1c(Cl)cccc1Cl. The van der Waals surface area contributed by atoms with Crippen LogP contribution in [0.5, 0.6) is 0 Å². The molecule has 7 heteroatoms. The Morgan fingerprint density at radius 3 is 2.09 bits per heavy atom. The van der Waals surface area contributed by atoms with Crippen molar-refractivity contribution in [2.75, 3.05) is 6.54 Å². The summed E-state index contributed by atoms with van der Waals surface area (Å²) in [5.74, 6) is -0.496. The van der Waals surface area contributed by atoms with Gasteiger partial charge in [-0.15, -0.1) is 0 Å². The normalized spacial score (nSPS) is 11.6. The fourth-order valence-corrected chi connectivity index (χ4v) is 4.34. The number of amides is 2. The molecule has 0 fully saturated rings. The molecule has 2 amide bonds. The van der Waals surface area contributed by atoms with E-state index in [9.17, 15) is 9.59 Å². The van der Waals surface area contributed by atoms with Gasteiger partial charge in [0.2, 0.25) is 11.8 Å². The fraction of sp³-hybridized carbons (Fsp3) is 0.231. The lowest BCUT2D eigenvalue weighted by molar-refractivity contribution is -0.140. The highest BCUT2D eigenvalue weighted by Crippen LogP contribution is 2.27. The summed E-state index contributed by atoms with van der Waals surface area (Å²) in [6.45, 7) is 2.48. The van der Waals surface area contributed by atoms with Crippen molar-refractivity contribution in [2.24, 2.45) is 0 Å². The van der Waals surface area contributed by atoms with Crippen LogP contribution in [-0.2, 0) is 29.0 Å². The highest BCUT2D eigenvalue weighted by molar-refractivity contribution is 6.36. The second-order valence-electron chi connectivity index (χ2n) is 7.59. The summed E-state index contributed by atoms with van der Waals surface area (Å²) in [6, 6.07) is 21.3. The Labute approximate surface area is 209 Å². The Hall–Kier alpha value is -2.53. The zero-order valence-electron chi connectivity index (χ0n) is 18.2. The lowest BCUT2D eigenvalue weighted by Gasteiger charge is -2.32. The van der Waals surface area contributed by atoms with E-state index in [2.05, 4.69) is 5.32 Å². The molecule has 3 aromatic rings. The first kappa shape index (κ1) is 25.1. The molecule has 0 bridgehead atoms. The summed E-state index contributed by atoms with van der Waals surface area (Å²) in [7, 11) is 0. The molecule has 172 valence electrons. The smallest absolute Gasteiger partial charge is 0.243 e. The van der Waals surface area contributed by atoms with Gasteiger partial charge < -0.3 is 10.2 Å². The van der Waals surface area contributed by atoms with Crippen molar-refractivity contribution in [3.8, 4) is 0 Å². The number of rotatable bonds is 9. The first-order valence-corrected chi connectivity index (χ1v) is 11.8. The average molecular weight is 504 g/mol. The van der Waals surface area contributed by atoms with Crippen molar-refractivity contribution in [3.63, 3.8) is 0 Å².